The molecule has 0 N–H and O–H groups in total. The Morgan fingerprint density at radius 3 is 2.07 bits per heavy atom. The molecular formula is C28H25N5O5S4. The first kappa shape index (κ1) is 29.8. The van der Waals surface area contributed by atoms with E-state index in [-0.39, 0.29) is 23.8 Å². The van der Waals surface area contributed by atoms with E-state index in [9.17, 15) is 14.4 Å². The van der Waals surface area contributed by atoms with E-state index >= 15 is 0 Å². The van der Waals surface area contributed by atoms with Gasteiger partial charge in [0.1, 0.15) is 37.7 Å². The van der Waals surface area contributed by atoms with Gasteiger partial charge in [0.25, 0.3) is 0 Å². The summed E-state index contributed by atoms with van der Waals surface area (Å²) in [6.45, 7) is 9.20. The predicted octanol–water partition coefficient (Wildman–Crippen LogP) is 7.30. The van der Waals surface area contributed by atoms with Crippen LogP contribution in [-0.4, -0.2) is 54.8 Å². The summed E-state index contributed by atoms with van der Waals surface area (Å²) in [5, 5.41) is 9.14. The molecule has 5 aromatic heterocycles. The molecule has 0 unspecified atom stereocenters. The van der Waals surface area contributed by atoms with E-state index in [0.29, 0.717) is 54.8 Å². The zero-order chi connectivity index (χ0) is 30.0. The maximum absolute atomic E-state index is 12.6. The Hall–Kier alpha value is -3.72. The molecule has 0 atom stereocenters. The number of nitrogens with zero attached hydrogens (tertiary/aromatic N) is 5. The van der Waals surface area contributed by atoms with E-state index in [4.69, 9.17) is 19.4 Å². The number of esters is 2. The molecule has 0 bridgehead atoms. The molecule has 0 saturated carbocycles. The maximum atomic E-state index is 12.6. The van der Waals surface area contributed by atoms with Crippen LogP contribution in [0.4, 0.5) is 0 Å². The first-order valence-electron chi connectivity index (χ1n) is 12.8. The van der Waals surface area contributed by atoms with Crippen LogP contribution < -0.4 is 0 Å². The average molecular weight is 640 g/mol. The molecular weight excluding hydrogens is 615 g/mol. The van der Waals surface area contributed by atoms with Crippen molar-refractivity contribution in [1.82, 2.24) is 24.9 Å². The Morgan fingerprint density at radius 2 is 1.36 bits per heavy atom. The summed E-state index contributed by atoms with van der Waals surface area (Å²) in [6, 6.07) is 3.69. The Balaban J connectivity index is 1.52. The summed E-state index contributed by atoms with van der Waals surface area (Å²) in [4.78, 5) is 60.1. The van der Waals surface area contributed by atoms with Gasteiger partial charge in [-0.05, 0) is 39.8 Å². The highest BCUT2D eigenvalue weighted by Gasteiger charge is 2.24. The Morgan fingerprint density at radius 1 is 0.714 bits per heavy atom. The molecule has 0 saturated heterocycles. The standard InChI is InChI=1S/C28H25N5O5S4/c1-6-20(34)25-30-16(10-42-25)21-14(22-32-19(13-39-22)27(36)38-28(3,4)5)8-9-15(29-21)23-31-17(11-40-23)24-33-18(12-41-24)26(35)37-7-2/h8-13H,6-7H2,1-5H3. The molecule has 0 radical (unpaired) electrons. The normalized spacial score (nSPS) is 11.5. The Labute approximate surface area is 257 Å². The summed E-state index contributed by atoms with van der Waals surface area (Å²) in [6.07, 6.45) is 0.343. The van der Waals surface area contributed by atoms with Crippen LogP contribution in [0, 0.1) is 0 Å². The van der Waals surface area contributed by atoms with Crippen molar-refractivity contribution >= 4 is 63.1 Å². The number of carbonyl (C=O) groups is 3. The molecule has 0 amide bonds. The van der Waals surface area contributed by atoms with Gasteiger partial charge < -0.3 is 9.47 Å². The van der Waals surface area contributed by atoms with Crippen molar-refractivity contribution in [2.45, 2.75) is 46.6 Å². The van der Waals surface area contributed by atoms with E-state index in [1.54, 1.807) is 50.8 Å². The highest BCUT2D eigenvalue weighted by atomic mass is 32.1. The summed E-state index contributed by atoms with van der Waals surface area (Å²) in [5.41, 5.74) is 2.71. The third kappa shape index (κ3) is 6.51. The van der Waals surface area contributed by atoms with Crippen molar-refractivity contribution in [3.8, 4) is 43.4 Å². The largest absolute Gasteiger partial charge is 0.461 e. The predicted molar refractivity (Wildman–Crippen MR) is 164 cm³/mol. The van der Waals surface area contributed by atoms with Gasteiger partial charge in [0.2, 0.25) is 0 Å². The molecule has 0 aromatic carbocycles. The second-order valence-electron chi connectivity index (χ2n) is 9.74. The zero-order valence-corrected chi connectivity index (χ0v) is 26.6. The topological polar surface area (TPSA) is 134 Å². The number of thiazole rings is 4. The van der Waals surface area contributed by atoms with Crippen molar-refractivity contribution < 1.29 is 23.9 Å². The summed E-state index contributed by atoms with van der Waals surface area (Å²) >= 11 is 5.25. The number of hydrogen-bond donors (Lipinski definition) is 0. The molecule has 10 nitrogen and oxygen atoms in total. The van der Waals surface area contributed by atoms with Crippen molar-refractivity contribution in [1.29, 1.82) is 0 Å². The van der Waals surface area contributed by atoms with Crippen LogP contribution in [0.1, 0.15) is 71.8 Å². The van der Waals surface area contributed by atoms with E-state index in [1.165, 1.54) is 45.3 Å². The van der Waals surface area contributed by atoms with Gasteiger partial charge in [0.05, 0.1) is 12.3 Å². The van der Waals surface area contributed by atoms with E-state index in [1.807, 2.05) is 17.5 Å². The highest BCUT2D eigenvalue weighted by Crippen LogP contribution is 2.37. The van der Waals surface area contributed by atoms with Gasteiger partial charge >= 0.3 is 11.9 Å². The molecule has 0 aliphatic carbocycles. The number of pyridine rings is 1. The fraction of sp³-hybridized carbons (Fsp3) is 0.286. The number of ether oxygens (including phenoxy) is 2. The lowest BCUT2D eigenvalue weighted by Crippen LogP contribution is -2.24. The molecule has 5 rings (SSSR count). The third-order valence-corrected chi connectivity index (χ3v) is 8.96. The second-order valence-corrected chi connectivity index (χ2v) is 13.2. The van der Waals surface area contributed by atoms with Crippen LogP contribution in [0.3, 0.4) is 0 Å². The number of carbonyl (C=O) groups excluding carboxylic acids is 3. The fourth-order valence-electron chi connectivity index (χ4n) is 3.61. The lowest BCUT2D eigenvalue weighted by Gasteiger charge is -2.18. The van der Waals surface area contributed by atoms with Crippen LogP contribution in [0.2, 0.25) is 0 Å². The first-order valence-corrected chi connectivity index (χ1v) is 16.4. The SMILES string of the molecule is CCOC(=O)c1csc(-c2csc(-c3ccc(-c4nc(C(=O)OC(C)(C)C)cs4)c(-c4csc(C(=O)CC)n4)n3)n2)n1. The number of rotatable bonds is 9. The molecule has 0 aliphatic rings. The highest BCUT2D eigenvalue weighted by molar-refractivity contribution is 7.15. The minimum atomic E-state index is -0.649. The second kappa shape index (κ2) is 12.3. The van der Waals surface area contributed by atoms with Gasteiger partial charge in [-0.1, -0.05) is 6.92 Å². The van der Waals surface area contributed by atoms with Gasteiger partial charge in [-0.3, -0.25) is 4.79 Å². The fourth-order valence-corrected chi connectivity index (χ4v) is 6.83. The molecule has 0 spiro atoms. The van der Waals surface area contributed by atoms with Crippen LogP contribution >= 0.6 is 45.3 Å². The molecule has 42 heavy (non-hydrogen) atoms. The minimum Gasteiger partial charge on any atom is -0.461 e. The van der Waals surface area contributed by atoms with Crippen LogP contribution in [0.25, 0.3) is 43.4 Å². The van der Waals surface area contributed by atoms with Crippen LogP contribution in [-0.2, 0) is 9.47 Å². The van der Waals surface area contributed by atoms with Gasteiger partial charge in [-0.2, -0.15) is 0 Å². The molecule has 0 aliphatic heterocycles. The number of aromatic nitrogens is 5. The van der Waals surface area contributed by atoms with Gasteiger partial charge in [-0.25, -0.2) is 34.5 Å². The number of ketones is 1. The van der Waals surface area contributed by atoms with Crippen molar-refractivity contribution in [2.24, 2.45) is 0 Å². The van der Waals surface area contributed by atoms with E-state index in [2.05, 4.69) is 15.0 Å². The third-order valence-electron chi connectivity index (χ3n) is 5.48. The van der Waals surface area contributed by atoms with Crippen molar-refractivity contribution in [3.05, 3.63) is 50.0 Å². The zero-order valence-electron chi connectivity index (χ0n) is 23.3. The number of hydrogen-bond acceptors (Lipinski definition) is 14. The lowest BCUT2D eigenvalue weighted by atomic mass is 10.1. The summed E-state index contributed by atoms with van der Waals surface area (Å²) < 4.78 is 10.5. The Bertz CT molecular complexity index is 1780. The minimum absolute atomic E-state index is 0.0550. The monoisotopic (exact) mass is 639 g/mol. The first-order chi connectivity index (χ1) is 20.1. The molecule has 14 heteroatoms. The van der Waals surface area contributed by atoms with Gasteiger partial charge in [0, 0.05) is 33.5 Å². The van der Waals surface area contributed by atoms with Gasteiger partial charge in [0.15, 0.2) is 22.2 Å². The van der Waals surface area contributed by atoms with E-state index < -0.39 is 17.5 Å². The van der Waals surface area contributed by atoms with Crippen molar-refractivity contribution in [2.75, 3.05) is 6.61 Å². The Kier molecular flexibility index (Phi) is 8.68. The molecule has 5 aromatic rings. The van der Waals surface area contributed by atoms with Crippen LogP contribution in [0.5, 0.6) is 0 Å². The average Bonchev–Trinajstić information content (AvgIpc) is 3.77. The lowest BCUT2D eigenvalue weighted by molar-refractivity contribution is 0.00634. The van der Waals surface area contributed by atoms with E-state index in [0.717, 1.165) is 0 Å². The smallest absolute Gasteiger partial charge is 0.358 e. The quantitative estimate of drug-likeness (QED) is 0.119. The van der Waals surface area contributed by atoms with Crippen molar-refractivity contribution in [3.63, 3.8) is 0 Å². The van der Waals surface area contributed by atoms with Crippen LogP contribution in [0.15, 0.2) is 33.7 Å². The van der Waals surface area contributed by atoms with Gasteiger partial charge in [-0.15, -0.1) is 45.3 Å². The molecule has 5 heterocycles. The summed E-state index contributed by atoms with van der Waals surface area (Å²) in [5.74, 6) is -1.04. The number of Topliss-reactive ketones (excluding diaryl/α,β-unsaturated/α-hetero) is 1. The summed E-state index contributed by atoms with van der Waals surface area (Å²) in [7, 11) is 0. The maximum Gasteiger partial charge on any atom is 0.358 e. The molecule has 0 fully saturated rings. The molecule has 216 valence electrons.